The van der Waals surface area contributed by atoms with Crippen molar-refractivity contribution in [2.24, 2.45) is 0 Å². The van der Waals surface area contributed by atoms with Gasteiger partial charge in [-0.1, -0.05) is 36.4 Å². The summed E-state index contributed by atoms with van der Waals surface area (Å²) >= 11 is 0. The summed E-state index contributed by atoms with van der Waals surface area (Å²) in [6, 6.07) is 19.1. The summed E-state index contributed by atoms with van der Waals surface area (Å²) < 4.78 is 0. The lowest BCUT2D eigenvalue weighted by atomic mass is 10.1. The fraction of sp³-hybridized carbons (Fsp3) is 0.208. The van der Waals surface area contributed by atoms with Gasteiger partial charge in [0.25, 0.3) is 5.91 Å². The number of carbonyl (C=O) groups excluding carboxylic acids is 2. The van der Waals surface area contributed by atoms with E-state index in [0.29, 0.717) is 30.6 Å². The lowest BCUT2D eigenvalue weighted by molar-refractivity contribution is -0.116. The van der Waals surface area contributed by atoms with Crippen LogP contribution in [-0.2, 0) is 17.8 Å². The Morgan fingerprint density at radius 1 is 0.966 bits per heavy atom. The third-order valence-corrected chi connectivity index (χ3v) is 4.76. The molecule has 0 saturated carbocycles. The first-order valence-corrected chi connectivity index (χ1v) is 9.62. The second kappa shape index (κ2) is 9.64. The number of hydrogen-bond acceptors (Lipinski definition) is 3. The molecule has 0 atom stereocenters. The van der Waals surface area contributed by atoms with Crippen LogP contribution in [-0.4, -0.2) is 28.7 Å². The van der Waals surface area contributed by atoms with Gasteiger partial charge in [-0.05, 0) is 54.3 Å². The van der Waals surface area contributed by atoms with E-state index in [1.807, 2.05) is 55.5 Å². The van der Waals surface area contributed by atoms with E-state index in [1.54, 1.807) is 36.5 Å². The standard InChI is InChI=1S/C24H25N3O2/c1-18-8-10-21(24(29)27(2)17-20-6-4-3-5-7-20)16-22(18)26-23(28)11-9-19-12-14-25-15-13-19/h3-8,10,12-16H,9,11,17H2,1-2H3,(H,26,28). The van der Waals surface area contributed by atoms with Crippen LogP contribution < -0.4 is 5.32 Å². The van der Waals surface area contributed by atoms with E-state index in [0.717, 1.165) is 16.7 Å². The molecule has 3 aromatic rings. The maximum Gasteiger partial charge on any atom is 0.253 e. The minimum absolute atomic E-state index is 0.0767. The Labute approximate surface area is 171 Å². The van der Waals surface area contributed by atoms with Gasteiger partial charge < -0.3 is 10.2 Å². The van der Waals surface area contributed by atoms with Crippen LogP contribution in [0, 0.1) is 6.92 Å². The number of nitrogens with zero attached hydrogens (tertiary/aromatic N) is 2. The zero-order valence-corrected chi connectivity index (χ0v) is 16.8. The Morgan fingerprint density at radius 2 is 1.69 bits per heavy atom. The van der Waals surface area contributed by atoms with Crippen molar-refractivity contribution in [2.45, 2.75) is 26.3 Å². The summed E-state index contributed by atoms with van der Waals surface area (Å²) in [4.78, 5) is 30.8. The molecule has 0 fully saturated rings. The number of aromatic nitrogens is 1. The fourth-order valence-electron chi connectivity index (χ4n) is 3.06. The van der Waals surface area contributed by atoms with E-state index >= 15 is 0 Å². The van der Waals surface area contributed by atoms with Crippen LogP contribution in [0.3, 0.4) is 0 Å². The Balaban J connectivity index is 1.64. The molecule has 1 aromatic heterocycles. The predicted molar refractivity (Wildman–Crippen MR) is 115 cm³/mol. The smallest absolute Gasteiger partial charge is 0.253 e. The summed E-state index contributed by atoms with van der Waals surface area (Å²) in [6.45, 7) is 2.45. The topological polar surface area (TPSA) is 62.3 Å². The molecule has 5 heteroatoms. The van der Waals surface area contributed by atoms with Gasteiger partial charge in [-0.15, -0.1) is 0 Å². The van der Waals surface area contributed by atoms with Gasteiger partial charge in [0.2, 0.25) is 5.91 Å². The number of pyridine rings is 1. The molecule has 1 N–H and O–H groups in total. The molecule has 0 aliphatic rings. The van der Waals surface area contributed by atoms with Gasteiger partial charge in [0.15, 0.2) is 0 Å². The summed E-state index contributed by atoms with van der Waals surface area (Å²) in [5.41, 5.74) is 4.28. The number of rotatable bonds is 7. The van der Waals surface area contributed by atoms with Crippen LogP contribution in [0.1, 0.15) is 33.5 Å². The number of anilines is 1. The summed E-state index contributed by atoms with van der Waals surface area (Å²) in [5, 5.41) is 2.94. The van der Waals surface area contributed by atoms with Gasteiger partial charge in [0.05, 0.1) is 0 Å². The number of benzene rings is 2. The molecule has 0 aliphatic heterocycles. The van der Waals surface area contributed by atoms with E-state index in [-0.39, 0.29) is 11.8 Å². The highest BCUT2D eigenvalue weighted by atomic mass is 16.2. The van der Waals surface area contributed by atoms with Crippen molar-refractivity contribution >= 4 is 17.5 Å². The Kier molecular flexibility index (Phi) is 6.74. The number of amides is 2. The first-order chi connectivity index (χ1) is 14.0. The third kappa shape index (κ3) is 5.75. The molecule has 3 rings (SSSR count). The summed E-state index contributed by atoms with van der Waals surface area (Å²) in [6.07, 6.45) is 4.46. The van der Waals surface area contributed by atoms with Gasteiger partial charge in [0, 0.05) is 43.7 Å². The van der Waals surface area contributed by atoms with Gasteiger partial charge in [-0.2, -0.15) is 0 Å². The monoisotopic (exact) mass is 387 g/mol. The number of hydrogen-bond donors (Lipinski definition) is 1. The average molecular weight is 387 g/mol. The Morgan fingerprint density at radius 3 is 2.41 bits per heavy atom. The maximum atomic E-state index is 12.8. The lowest BCUT2D eigenvalue weighted by Gasteiger charge is -2.18. The van der Waals surface area contributed by atoms with E-state index < -0.39 is 0 Å². The molecule has 29 heavy (non-hydrogen) atoms. The molecule has 0 aliphatic carbocycles. The van der Waals surface area contributed by atoms with Crippen LogP contribution in [0.2, 0.25) is 0 Å². The molecule has 2 amide bonds. The molecule has 148 valence electrons. The summed E-state index contributed by atoms with van der Waals surface area (Å²) in [5.74, 6) is -0.159. The zero-order chi connectivity index (χ0) is 20.6. The third-order valence-electron chi connectivity index (χ3n) is 4.76. The average Bonchev–Trinajstić information content (AvgIpc) is 2.75. The first-order valence-electron chi connectivity index (χ1n) is 9.62. The van der Waals surface area contributed by atoms with Crippen LogP contribution in [0.25, 0.3) is 0 Å². The molecule has 0 radical (unpaired) electrons. The van der Waals surface area contributed by atoms with E-state index in [1.165, 1.54) is 0 Å². The second-order valence-electron chi connectivity index (χ2n) is 7.08. The van der Waals surface area contributed by atoms with E-state index in [9.17, 15) is 9.59 Å². The summed E-state index contributed by atoms with van der Waals surface area (Å²) in [7, 11) is 1.78. The Hall–Kier alpha value is -3.47. The van der Waals surface area contributed by atoms with Crippen molar-refractivity contribution < 1.29 is 9.59 Å². The highest BCUT2D eigenvalue weighted by Gasteiger charge is 2.14. The predicted octanol–water partition coefficient (Wildman–Crippen LogP) is 4.23. The highest BCUT2D eigenvalue weighted by Crippen LogP contribution is 2.19. The first kappa shape index (κ1) is 20.3. The van der Waals surface area contributed by atoms with Crippen molar-refractivity contribution in [2.75, 3.05) is 12.4 Å². The fourth-order valence-corrected chi connectivity index (χ4v) is 3.06. The van der Waals surface area contributed by atoms with Crippen molar-refractivity contribution in [3.8, 4) is 0 Å². The van der Waals surface area contributed by atoms with Crippen molar-refractivity contribution in [3.05, 3.63) is 95.3 Å². The van der Waals surface area contributed by atoms with Gasteiger partial charge in [-0.25, -0.2) is 0 Å². The molecule has 0 unspecified atom stereocenters. The van der Waals surface area contributed by atoms with Crippen molar-refractivity contribution in [1.29, 1.82) is 0 Å². The Bertz CT molecular complexity index is 972. The van der Waals surface area contributed by atoms with Crippen molar-refractivity contribution in [3.63, 3.8) is 0 Å². The van der Waals surface area contributed by atoms with Crippen molar-refractivity contribution in [1.82, 2.24) is 9.88 Å². The van der Waals surface area contributed by atoms with Crippen LogP contribution in [0.4, 0.5) is 5.69 Å². The largest absolute Gasteiger partial charge is 0.337 e. The zero-order valence-electron chi connectivity index (χ0n) is 16.8. The second-order valence-corrected chi connectivity index (χ2v) is 7.08. The van der Waals surface area contributed by atoms with Gasteiger partial charge in [-0.3, -0.25) is 14.6 Å². The van der Waals surface area contributed by atoms with Gasteiger partial charge >= 0.3 is 0 Å². The molecule has 0 spiro atoms. The van der Waals surface area contributed by atoms with E-state index in [2.05, 4.69) is 10.3 Å². The normalized spacial score (nSPS) is 10.4. The minimum atomic E-state index is -0.0823. The van der Waals surface area contributed by atoms with Crippen LogP contribution >= 0.6 is 0 Å². The molecular formula is C24H25N3O2. The quantitative estimate of drug-likeness (QED) is 0.660. The van der Waals surface area contributed by atoms with E-state index in [4.69, 9.17) is 0 Å². The number of nitrogens with one attached hydrogen (secondary N) is 1. The van der Waals surface area contributed by atoms with Gasteiger partial charge in [0.1, 0.15) is 0 Å². The maximum absolute atomic E-state index is 12.8. The molecule has 0 saturated heterocycles. The number of carbonyl (C=O) groups is 2. The molecule has 2 aromatic carbocycles. The molecule has 0 bridgehead atoms. The molecule has 5 nitrogen and oxygen atoms in total. The lowest BCUT2D eigenvalue weighted by Crippen LogP contribution is -2.26. The van der Waals surface area contributed by atoms with Crippen LogP contribution in [0.5, 0.6) is 0 Å². The SMILES string of the molecule is Cc1ccc(C(=O)N(C)Cc2ccccc2)cc1NC(=O)CCc1ccncc1. The number of aryl methyl sites for hydroxylation is 2. The minimum Gasteiger partial charge on any atom is -0.337 e. The van der Waals surface area contributed by atoms with Crippen LogP contribution in [0.15, 0.2) is 73.1 Å². The molecule has 1 heterocycles. The highest BCUT2D eigenvalue weighted by molar-refractivity contribution is 5.97. The molecular weight excluding hydrogens is 362 g/mol.